The molecule has 1 unspecified atom stereocenters. The molecule has 0 radical (unpaired) electrons. The zero-order chi connectivity index (χ0) is 11.7. The summed E-state index contributed by atoms with van der Waals surface area (Å²) in [7, 11) is 2.07. The van der Waals surface area contributed by atoms with Gasteiger partial charge in [-0.1, -0.05) is 31.0 Å². The number of hydrogen-bond acceptors (Lipinski definition) is 2. The van der Waals surface area contributed by atoms with Crippen molar-refractivity contribution in [3.05, 3.63) is 34.9 Å². The molecule has 1 aromatic rings. The van der Waals surface area contributed by atoms with Crippen LogP contribution in [-0.2, 0) is 18.0 Å². The summed E-state index contributed by atoms with van der Waals surface area (Å²) < 4.78 is 5.47. The minimum absolute atomic E-state index is 0.515. The third-order valence-electron chi connectivity index (χ3n) is 4.06. The molecule has 0 bridgehead atoms. The number of rotatable bonds is 5. The Morgan fingerprint density at radius 3 is 2.88 bits per heavy atom. The van der Waals surface area contributed by atoms with Crippen LogP contribution < -0.4 is 5.32 Å². The first-order valence-electron chi connectivity index (χ1n) is 6.73. The van der Waals surface area contributed by atoms with Gasteiger partial charge in [0.2, 0.25) is 0 Å². The molecule has 0 spiro atoms. The summed E-state index contributed by atoms with van der Waals surface area (Å²) in [6, 6.07) is 7.35. The summed E-state index contributed by atoms with van der Waals surface area (Å²) in [5.74, 6) is 1.02. The molecule has 1 aromatic carbocycles. The van der Waals surface area contributed by atoms with Gasteiger partial charge >= 0.3 is 0 Å². The van der Waals surface area contributed by atoms with Crippen molar-refractivity contribution in [2.45, 2.75) is 44.9 Å². The Bertz CT molecular complexity index is 398. The molecule has 1 heterocycles. The molecular formula is C15H21NO. The van der Waals surface area contributed by atoms with Crippen LogP contribution in [0.5, 0.6) is 0 Å². The van der Waals surface area contributed by atoms with E-state index in [0.717, 1.165) is 19.1 Å². The van der Waals surface area contributed by atoms with Crippen LogP contribution in [0.4, 0.5) is 0 Å². The SMILES string of the molecule is CNC(CCC1CC1)c1ccc2c(c1)COC2. The molecule has 2 heteroatoms. The van der Waals surface area contributed by atoms with E-state index in [0.29, 0.717) is 6.04 Å². The molecule has 0 saturated heterocycles. The van der Waals surface area contributed by atoms with Gasteiger partial charge in [-0.3, -0.25) is 0 Å². The summed E-state index contributed by atoms with van der Waals surface area (Å²) in [5.41, 5.74) is 4.18. The van der Waals surface area contributed by atoms with Crippen LogP contribution in [0.1, 0.15) is 48.4 Å². The van der Waals surface area contributed by atoms with Crippen LogP contribution in [0.25, 0.3) is 0 Å². The molecule has 1 atom stereocenters. The fraction of sp³-hybridized carbons (Fsp3) is 0.600. The molecule has 1 fully saturated rings. The standard InChI is InChI=1S/C15H21NO/c1-16-15(7-4-11-2-3-11)12-5-6-13-9-17-10-14(13)8-12/h5-6,8,11,15-16H,2-4,7,9-10H2,1H3. The molecule has 17 heavy (non-hydrogen) atoms. The first-order valence-corrected chi connectivity index (χ1v) is 6.73. The topological polar surface area (TPSA) is 21.3 Å². The van der Waals surface area contributed by atoms with Crippen molar-refractivity contribution in [2.24, 2.45) is 5.92 Å². The van der Waals surface area contributed by atoms with Crippen LogP contribution in [0.15, 0.2) is 18.2 Å². The van der Waals surface area contributed by atoms with Gasteiger partial charge in [-0.05, 0) is 42.5 Å². The van der Waals surface area contributed by atoms with Crippen LogP contribution in [0, 0.1) is 5.92 Å². The van der Waals surface area contributed by atoms with E-state index in [1.54, 1.807) is 0 Å². The zero-order valence-electron chi connectivity index (χ0n) is 10.5. The monoisotopic (exact) mass is 231 g/mol. The molecule has 3 rings (SSSR count). The van der Waals surface area contributed by atoms with Crippen molar-refractivity contribution in [2.75, 3.05) is 7.05 Å². The second-order valence-electron chi connectivity index (χ2n) is 5.38. The van der Waals surface area contributed by atoms with Gasteiger partial charge in [-0.25, -0.2) is 0 Å². The number of ether oxygens (including phenoxy) is 1. The summed E-state index contributed by atoms with van der Waals surface area (Å²) in [6.45, 7) is 1.59. The van der Waals surface area contributed by atoms with Gasteiger partial charge in [0.25, 0.3) is 0 Å². The molecule has 2 nitrogen and oxygen atoms in total. The molecule has 0 amide bonds. The van der Waals surface area contributed by atoms with E-state index in [2.05, 4.69) is 30.6 Å². The summed E-state index contributed by atoms with van der Waals surface area (Å²) in [6.07, 6.45) is 5.54. The highest BCUT2D eigenvalue weighted by Gasteiger charge is 2.23. The third kappa shape index (κ3) is 2.53. The fourth-order valence-corrected chi connectivity index (χ4v) is 2.70. The Morgan fingerprint density at radius 1 is 1.29 bits per heavy atom. The van der Waals surface area contributed by atoms with Gasteiger partial charge in [0, 0.05) is 6.04 Å². The van der Waals surface area contributed by atoms with E-state index in [1.807, 2.05) is 0 Å². The lowest BCUT2D eigenvalue weighted by Crippen LogP contribution is -2.16. The van der Waals surface area contributed by atoms with Gasteiger partial charge < -0.3 is 10.1 Å². The Hall–Kier alpha value is -0.860. The van der Waals surface area contributed by atoms with Crippen LogP contribution in [-0.4, -0.2) is 7.05 Å². The summed E-state index contributed by atoms with van der Waals surface area (Å²) in [4.78, 5) is 0. The average Bonchev–Trinajstić information content (AvgIpc) is 3.06. The van der Waals surface area contributed by atoms with E-state index in [1.165, 1.54) is 42.4 Å². The Morgan fingerprint density at radius 2 is 2.12 bits per heavy atom. The normalized spacial score (nSPS) is 20.3. The van der Waals surface area contributed by atoms with Gasteiger partial charge in [0.05, 0.1) is 13.2 Å². The predicted molar refractivity (Wildman–Crippen MR) is 68.7 cm³/mol. The van der Waals surface area contributed by atoms with Crippen LogP contribution in [0.2, 0.25) is 0 Å². The average molecular weight is 231 g/mol. The van der Waals surface area contributed by atoms with Crippen molar-refractivity contribution in [1.82, 2.24) is 5.32 Å². The van der Waals surface area contributed by atoms with Crippen molar-refractivity contribution in [3.63, 3.8) is 0 Å². The molecule has 2 aliphatic rings. The second-order valence-corrected chi connectivity index (χ2v) is 5.38. The first kappa shape index (κ1) is 11.2. The number of benzene rings is 1. The highest BCUT2D eigenvalue weighted by molar-refractivity contribution is 5.34. The maximum absolute atomic E-state index is 5.47. The summed E-state index contributed by atoms with van der Waals surface area (Å²) in [5, 5.41) is 3.45. The van der Waals surface area contributed by atoms with Gasteiger partial charge in [0.1, 0.15) is 0 Å². The minimum atomic E-state index is 0.515. The van der Waals surface area contributed by atoms with Gasteiger partial charge in [-0.15, -0.1) is 0 Å². The maximum Gasteiger partial charge on any atom is 0.0725 e. The van der Waals surface area contributed by atoms with E-state index >= 15 is 0 Å². The summed E-state index contributed by atoms with van der Waals surface area (Å²) >= 11 is 0. The van der Waals surface area contributed by atoms with E-state index in [4.69, 9.17) is 4.74 Å². The quantitative estimate of drug-likeness (QED) is 0.840. The Kier molecular flexibility index (Phi) is 3.17. The highest BCUT2D eigenvalue weighted by Crippen LogP contribution is 2.36. The van der Waals surface area contributed by atoms with Crippen LogP contribution >= 0.6 is 0 Å². The lowest BCUT2D eigenvalue weighted by molar-refractivity contribution is 0.134. The highest BCUT2D eigenvalue weighted by atomic mass is 16.5. The lowest BCUT2D eigenvalue weighted by Gasteiger charge is -2.17. The van der Waals surface area contributed by atoms with Crippen molar-refractivity contribution < 1.29 is 4.74 Å². The van der Waals surface area contributed by atoms with E-state index in [-0.39, 0.29) is 0 Å². The molecule has 1 N–H and O–H groups in total. The number of nitrogens with one attached hydrogen (secondary N) is 1. The third-order valence-corrected chi connectivity index (χ3v) is 4.06. The van der Waals surface area contributed by atoms with Gasteiger partial charge in [0.15, 0.2) is 0 Å². The fourth-order valence-electron chi connectivity index (χ4n) is 2.70. The van der Waals surface area contributed by atoms with E-state index in [9.17, 15) is 0 Å². The minimum Gasteiger partial charge on any atom is -0.372 e. The number of hydrogen-bond donors (Lipinski definition) is 1. The maximum atomic E-state index is 5.47. The Balaban J connectivity index is 1.71. The van der Waals surface area contributed by atoms with Crippen molar-refractivity contribution in [3.8, 4) is 0 Å². The van der Waals surface area contributed by atoms with E-state index < -0.39 is 0 Å². The van der Waals surface area contributed by atoms with Crippen molar-refractivity contribution in [1.29, 1.82) is 0 Å². The van der Waals surface area contributed by atoms with Crippen molar-refractivity contribution >= 4 is 0 Å². The number of fused-ring (bicyclic) bond motifs is 1. The molecule has 92 valence electrons. The van der Waals surface area contributed by atoms with Crippen LogP contribution in [0.3, 0.4) is 0 Å². The predicted octanol–water partition coefficient (Wildman–Crippen LogP) is 3.17. The molecule has 1 aliphatic carbocycles. The smallest absolute Gasteiger partial charge is 0.0725 e. The second kappa shape index (κ2) is 4.79. The lowest BCUT2D eigenvalue weighted by atomic mass is 9.97. The molecule has 1 saturated carbocycles. The largest absolute Gasteiger partial charge is 0.372 e. The zero-order valence-corrected chi connectivity index (χ0v) is 10.5. The molecule has 0 aromatic heterocycles. The molecular weight excluding hydrogens is 210 g/mol. The first-order chi connectivity index (χ1) is 8.36. The Labute approximate surface area is 103 Å². The van der Waals surface area contributed by atoms with Gasteiger partial charge in [-0.2, -0.15) is 0 Å². The molecule has 1 aliphatic heterocycles.